The van der Waals surface area contributed by atoms with E-state index in [0.29, 0.717) is 19.4 Å². The van der Waals surface area contributed by atoms with Crippen LogP contribution in [-0.2, 0) is 4.74 Å². The number of Topliss-reactive ketones (excluding diaryl/α,β-unsaturated/α-hetero) is 1. The summed E-state index contributed by atoms with van der Waals surface area (Å²) in [5, 5.41) is 8.92. The van der Waals surface area contributed by atoms with Crippen molar-refractivity contribution in [1.82, 2.24) is 4.90 Å². The Kier molecular flexibility index (Phi) is 6.29. The van der Waals surface area contributed by atoms with E-state index in [4.69, 9.17) is 9.84 Å². The number of cyclic esters (lactones) is 1. The van der Waals surface area contributed by atoms with Gasteiger partial charge in [-0.2, -0.15) is 0 Å². The molecule has 0 saturated carbocycles. The van der Waals surface area contributed by atoms with Crippen LogP contribution in [0, 0.1) is 0 Å². The maximum absolute atomic E-state index is 12.3. The molecule has 1 fully saturated rings. The first-order valence-electron chi connectivity index (χ1n) is 9.29. The number of carbonyl (C=O) groups is 2. The van der Waals surface area contributed by atoms with Crippen molar-refractivity contribution in [3.8, 4) is 10.4 Å². The number of hydrogen-bond acceptors (Lipinski definition) is 5. The number of benzene rings is 1. The number of aliphatic hydroxyl groups excluding tert-OH is 1. The molecule has 0 spiro atoms. The first-order valence-corrected chi connectivity index (χ1v) is 10.1. The molecule has 2 aromatic rings. The zero-order chi connectivity index (χ0) is 19.4. The first kappa shape index (κ1) is 19.6. The molecule has 1 saturated heterocycles. The van der Waals surface area contributed by atoms with Crippen LogP contribution in [0.15, 0.2) is 36.4 Å². The summed E-state index contributed by atoms with van der Waals surface area (Å²) in [6.07, 6.45) is 1.78. The maximum atomic E-state index is 12.3. The van der Waals surface area contributed by atoms with Crippen molar-refractivity contribution in [3.63, 3.8) is 0 Å². The van der Waals surface area contributed by atoms with Gasteiger partial charge in [-0.05, 0) is 49.9 Å². The van der Waals surface area contributed by atoms with Crippen LogP contribution >= 0.6 is 11.3 Å². The number of hydrogen-bond donors (Lipinski definition) is 1. The van der Waals surface area contributed by atoms with E-state index in [0.717, 1.165) is 27.3 Å². The van der Waals surface area contributed by atoms with Crippen molar-refractivity contribution in [3.05, 3.63) is 46.8 Å². The summed E-state index contributed by atoms with van der Waals surface area (Å²) in [7, 11) is 0. The molecule has 0 radical (unpaired) electrons. The van der Waals surface area contributed by atoms with Gasteiger partial charge in [0.15, 0.2) is 5.78 Å². The van der Waals surface area contributed by atoms with Crippen LogP contribution < -0.4 is 0 Å². The number of thiophene rings is 1. The summed E-state index contributed by atoms with van der Waals surface area (Å²) in [6, 6.07) is 11.9. The molecule has 2 unspecified atom stereocenters. The molecule has 1 aliphatic heterocycles. The minimum absolute atomic E-state index is 0.0681. The Morgan fingerprint density at radius 3 is 2.63 bits per heavy atom. The van der Waals surface area contributed by atoms with Gasteiger partial charge in [-0.1, -0.05) is 24.3 Å². The van der Waals surface area contributed by atoms with Crippen molar-refractivity contribution in [2.45, 2.75) is 45.3 Å². The molecule has 1 aliphatic rings. The number of aliphatic hydroxyl groups is 1. The zero-order valence-corrected chi connectivity index (χ0v) is 16.5. The van der Waals surface area contributed by atoms with E-state index >= 15 is 0 Å². The highest BCUT2D eigenvalue weighted by Crippen LogP contribution is 2.31. The molecule has 2 atom stereocenters. The van der Waals surface area contributed by atoms with Gasteiger partial charge in [0.05, 0.1) is 10.9 Å². The highest BCUT2D eigenvalue weighted by Gasteiger charge is 2.30. The van der Waals surface area contributed by atoms with E-state index in [1.807, 2.05) is 43.3 Å². The molecule has 3 rings (SSSR count). The van der Waals surface area contributed by atoms with Crippen LogP contribution in [0.1, 0.15) is 54.4 Å². The predicted octanol–water partition coefficient (Wildman–Crippen LogP) is 4.66. The summed E-state index contributed by atoms with van der Waals surface area (Å²) in [5.41, 5.74) is 2.11. The Labute approximate surface area is 163 Å². The van der Waals surface area contributed by atoms with Gasteiger partial charge < -0.3 is 14.7 Å². The third-order valence-corrected chi connectivity index (χ3v) is 6.21. The fourth-order valence-electron chi connectivity index (χ4n) is 3.31. The van der Waals surface area contributed by atoms with Crippen molar-refractivity contribution in [1.29, 1.82) is 0 Å². The second-order valence-electron chi connectivity index (χ2n) is 6.87. The van der Waals surface area contributed by atoms with E-state index in [2.05, 4.69) is 0 Å². The van der Waals surface area contributed by atoms with Gasteiger partial charge in [0.25, 0.3) is 0 Å². The lowest BCUT2D eigenvalue weighted by Crippen LogP contribution is -2.43. The number of ether oxygens (including phenoxy) is 1. The third-order valence-electron chi connectivity index (χ3n) is 4.98. The van der Waals surface area contributed by atoms with E-state index < -0.39 is 0 Å². The summed E-state index contributed by atoms with van der Waals surface area (Å²) in [4.78, 5) is 27.4. The minimum atomic E-state index is -0.287. The minimum Gasteiger partial charge on any atom is -0.446 e. The van der Waals surface area contributed by atoms with Gasteiger partial charge >= 0.3 is 6.09 Å². The molecular weight excluding hydrogens is 362 g/mol. The Morgan fingerprint density at radius 2 is 2.04 bits per heavy atom. The van der Waals surface area contributed by atoms with Crippen molar-refractivity contribution in [2.75, 3.05) is 13.2 Å². The van der Waals surface area contributed by atoms with Crippen LogP contribution in [-0.4, -0.2) is 41.1 Å². The molecule has 1 N–H and O–H groups in total. The zero-order valence-electron chi connectivity index (χ0n) is 15.7. The van der Waals surface area contributed by atoms with Crippen LogP contribution in [0.5, 0.6) is 0 Å². The van der Waals surface area contributed by atoms with Crippen LogP contribution in [0.25, 0.3) is 10.4 Å². The molecule has 1 amide bonds. The van der Waals surface area contributed by atoms with Crippen LogP contribution in [0.4, 0.5) is 4.79 Å². The number of carbonyl (C=O) groups excluding carboxylic acids is 2. The summed E-state index contributed by atoms with van der Waals surface area (Å²) < 4.78 is 5.51. The van der Waals surface area contributed by atoms with Gasteiger partial charge in [0.2, 0.25) is 0 Å². The molecule has 1 aromatic heterocycles. The Morgan fingerprint density at radius 1 is 1.30 bits per heavy atom. The Bertz CT molecular complexity index is 799. The monoisotopic (exact) mass is 387 g/mol. The van der Waals surface area contributed by atoms with Crippen molar-refractivity contribution in [2.24, 2.45) is 0 Å². The van der Waals surface area contributed by atoms with Gasteiger partial charge in [0, 0.05) is 24.4 Å². The number of amides is 1. The fourth-order valence-corrected chi connectivity index (χ4v) is 4.21. The van der Waals surface area contributed by atoms with Gasteiger partial charge in [-0.3, -0.25) is 4.79 Å². The Balaban J connectivity index is 1.66. The SMILES string of the molecule is CC(=O)c1ccc(-c2ccc(C(C)N3CCC(CCCO)OC3=O)cc2)s1. The molecule has 2 heterocycles. The summed E-state index contributed by atoms with van der Waals surface area (Å²) in [5.74, 6) is 0.0809. The lowest BCUT2D eigenvalue weighted by molar-refractivity contribution is 0.00760. The van der Waals surface area contributed by atoms with Gasteiger partial charge in [-0.15, -0.1) is 11.3 Å². The normalized spacial score (nSPS) is 18.3. The molecule has 5 nitrogen and oxygen atoms in total. The average Bonchev–Trinajstić information content (AvgIpc) is 3.16. The Hall–Kier alpha value is -2.18. The molecule has 27 heavy (non-hydrogen) atoms. The van der Waals surface area contributed by atoms with Crippen LogP contribution in [0.2, 0.25) is 0 Å². The molecule has 0 bridgehead atoms. The van der Waals surface area contributed by atoms with Gasteiger partial charge in [0.1, 0.15) is 6.10 Å². The van der Waals surface area contributed by atoms with Gasteiger partial charge in [-0.25, -0.2) is 4.79 Å². The largest absolute Gasteiger partial charge is 0.446 e. The van der Waals surface area contributed by atoms with E-state index in [1.54, 1.807) is 11.8 Å². The highest BCUT2D eigenvalue weighted by molar-refractivity contribution is 7.17. The molecule has 0 aliphatic carbocycles. The molecular formula is C21H25NO4S. The maximum Gasteiger partial charge on any atom is 0.410 e. The second kappa shape index (κ2) is 8.67. The first-order chi connectivity index (χ1) is 13.0. The average molecular weight is 388 g/mol. The topological polar surface area (TPSA) is 66.8 Å². The smallest absolute Gasteiger partial charge is 0.410 e. The van der Waals surface area contributed by atoms with Crippen LogP contribution in [0.3, 0.4) is 0 Å². The summed E-state index contributed by atoms with van der Waals surface area (Å²) >= 11 is 1.49. The number of nitrogens with zero attached hydrogens (tertiary/aromatic N) is 1. The molecule has 1 aromatic carbocycles. The number of rotatable bonds is 7. The number of ketones is 1. The van der Waals surface area contributed by atoms with E-state index in [9.17, 15) is 9.59 Å². The lowest BCUT2D eigenvalue weighted by atomic mass is 10.0. The second-order valence-corrected chi connectivity index (χ2v) is 7.96. The predicted molar refractivity (Wildman–Crippen MR) is 106 cm³/mol. The highest BCUT2D eigenvalue weighted by atomic mass is 32.1. The fraction of sp³-hybridized carbons (Fsp3) is 0.429. The van der Waals surface area contributed by atoms with E-state index in [1.165, 1.54) is 11.3 Å². The van der Waals surface area contributed by atoms with Crippen molar-refractivity contribution >= 4 is 23.2 Å². The summed E-state index contributed by atoms with van der Waals surface area (Å²) in [6.45, 7) is 4.36. The standard InChI is InChI=1S/C21H25NO4S/c1-14(22-12-11-18(4-3-13-23)26-21(22)25)16-5-7-17(8-6-16)20-10-9-19(27-20)15(2)24/h5-10,14,18,23H,3-4,11-13H2,1-2H3. The quantitative estimate of drug-likeness (QED) is 0.702. The molecule has 6 heteroatoms. The van der Waals surface area contributed by atoms with Crippen molar-refractivity contribution < 1.29 is 19.4 Å². The lowest BCUT2D eigenvalue weighted by Gasteiger charge is -2.35. The van der Waals surface area contributed by atoms with E-state index in [-0.39, 0.29) is 30.6 Å². The molecule has 144 valence electrons. The third kappa shape index (κ3) is 4.57.